The van der Waals surface area contributed by atoms with Crippen LogP contribution < -0.4 is 0 Å². The second-order valence-corrected chi connectivity index (χ2v) is 8.08. The lowest BCUT2D eigenvalue weighted by Crippen LogP contribution is -2.44. The van der Waals surface area contributed by atoms with Crippen molar-refractivity contribution in [3.05, 3.63) is 28.5 Å². The normalized spacial score (nSPS) is 14.6. The molecule has 0 saturated carbocycles. The van der Waals surface area contributed by atoms with Gasteiger partial charge in [-0.2, -0.15) is 0 Å². The Morgan fingerprint density at radius 2 is 2.06 bits per heavy atom. The van der Waals surface area contributed by atoms with Gasteiger partial charge in [-0.25, -0.2) is 8.42 Å². The lowest BCUT2D eigenvalue weighted by molar-refractivity contribution is 0.137. The number of hydrogen-bond acceptors (Lipinski definition) is 4. The lowest BCUT2D eigenvalue weighted by atomic mass is 10.0. The van der Waals surface area contributed by atoms with Crippen molar-refractivity contribution in [3.63, 3.8) is 0 Å². The maximum absolute atomic E-state index is 11.6. The summed E-state index contributed by atoms with van der Waals surface area (Å²) in [5, 5.41) is 10.0. The van der Waals surface area contributed by atoms with Crippen molar-refractivity contribution in [1.29, 1.82) is 0 Å². The number of nitrogens with zero attached hydrogens (tertiary/aromatic N) is 1. The quantitative estimate of drug-likeness (QED) is 0.914. The van der Waals surface area contributed by atoms with E-state index in [0.717, 1.165) is 10.7 Å². The van der Waals surface area contributed by atoms with Crippen LogP contribution in [0.2, 0.25) is 0 Å². The first-order chi connectivity index (χ1) is 7.64. The number of aromatic nitrogens is 1. The molecule has 1 unspecified atom stereocenters. The molecule has 17 heavy (non-hydrogen) atoms. The standard InChI is InChI=1S/C11H16BrNO3S/c1-11(2,17(3,15)16)10(14)6-9-5-4-8(12)7-13-9/h4-5,7,10,14H,6H2,1-3H3. The summed E-state index contributed by atoms with van der Waals surface area (Å²) in [6.45, 7) is 3.04. The van der Waals surface area contributed by atoms with Gasteiger partial charge in [-0.3, -0.25) is 4.98 Å². The molecule has 1 aromatic heterocycles. The fourth-order valence-corrected chi connectivity index (χ4v) is 2.03. The van der Waals surface area contributed by atoms with Crippen molar-refractivity contribution in [2.75, 3.05) is 6.26 Å². The highest BCUT2D eigenvalue weighted by Gasteiger charge is 2.38. The van der Waals surface area contributed by atoms with Gasteiger partial charge in [-0.05, 0) is 41.9 Å². The van der Waals surface area contributed by atoms with Crippen molar-refractivity contribution >= 4 is 25.8 Å². The van der Waals surface area contributed by atoms with E-state index in [4.69, 9.17) is 0 Å². The molecule has 0 radical (unpaired) electrons. The first kappa shape index (κ1) is 14.6. The zero-order valence-electron chi connectivity index (χ0n) is 10.0. The summed E-state index contributed by atoms with van der Waals surface area (Å²) in [6, 6.07) is 3.56. The van der Waals surface area contributed by atoms with Crippen LogP contribution in [0.1, 0.15) is 19.5 Å². The summed E-state index contributed by atoms with van der Waals surface area (Å²) < 4.78 is 22.8. The molecule has 0 bridgehead atoms. The molecule has 1 heterocycles. The number of pyridine rings is 1. The second kappa shape index (κ2) is 5.04. The minimum atomic E-state index is -3.32. The molecule has 0 spiro atoms. The van der Waals surface area contributed by atoms with Gasteiger partial charge < -0.3 is 5.11 Å². The number of halogens is 1. The van der Waals surface area contributed by atoms with Gasteiger partial charge in [0.1, 0.15) is 0 Å². The maximum atomic E-state index is 11.6. The Bertz CT molecular complexity index is 482. The third-order valence-corrected chi connectivity index (χ3v) is 5.60. The maximum Gasteiger partial charge on any atom is 0.155 e. The number of rotatable bonds is 4. The van der Waals surface area contributed by atoms with E-state index in [1.54, 1.807) is 12.3 Å². The third kappa shape index (κ3) is 3.50. The van der Waals surface area contributed by atoms with E-state index < -0.39 is 20.7 Å². The van der Waals surface area contributed by atoms with Crippen LogP contribution in [0.25, 0.3) is 0 Å². The lowest BCUT2D eigenvalue weighted by Gasteiger charge is -2.28. The van der Waals surface area contributed by atoms with Crippen LogP contribution in [0.5, 0.6) is 0 Å². The molecule has 96 valence electrons. The molecular formula is C11H16BrNO3S. The van der Waals surface area contributed by atoms with E-state index in [1.807, 2.05) is 6.07 Å². The van der Waals surface area contributed by atoms with E-state index in [1.165, 1.54) is 13.8 Å². The Morgan fingerprint density at radius 1 is 1.47 bits per heavy atom. The average molecular weight is 322 g/mol. The van der Waals surface area contributed by atoms with Crippen LogP contribution in [0.15, 0.2) is 22.8 Å². The van der Waals surface area contributed by atoms with Gasteiger partial charge in [-0.15, -0.1) is 0 Å². The summed E-state index contributed by atoms with van der Waals surface area (Å²) in [5.74, 6) is 0. The van der Waals surface area contributed by atoms with Crippen LogP contribution in [-0.4, -0.2) is 35.6 Å². The topological polar surface area (TPSA) is 67.3 Å². The van der Waals surface area contributed by atoms with Crippen molar-refractivity contribution in [3.8, 4) is 0 Å². The van der Waals surface area contributed by atoms with Gasteiger partial charge in [0, 0.05) is 29.0 Å². The first-order valence-electron chi connectivity index (χ1n) is 5.12. The van der Waals surface area contributed by atoms with E-state index in [0.29, 0.717) is 5.69 Å². The van der Waals surface area contributed by atoms with Crippen molar-refractivity contribution in [2.45, 2.75) is 31.1 Å². The van der Waals surface area contributed by atoms with Crippen LogP contribution in [0.4, 0.5) is 0 Å². The molecule has 1 N–H and O–H groups in total. The Labute approximate surface area is 110 Å². The van der Waals surface area contributed by atoms with Crippen LogP contribution in [0, 0.1) is 0 Å². The van der Waals surface area contributed by atoms with Crippen LogP contribution >= 0.6 is 15.9 Å². The van der Waals surface area contributed by atoms with E-state index in [2.05, 4.69) is 20.9 Å². The highest BCUT2D eigenvalue weighted by Crippen LogP contribution is 2.22. The van der Waals surface area contributed by atoms with E-state index in [-0.39, 0.29) is 6.42 Å². The fraction of sp³-hybridized carbons (Fsp3) is 0.545. The summed E-state index contributed by atoms with van der Waals surface area (Å²) in [6.07, 6.45) is 1.99. The molecule has 0 aliphatic heterocycles. The molecule has 0 aliphatic rings. The summed E-state index contributed by atoms with van der Waals surface area (Å²) >= 11 is 3.26. The summed E-state index contributed by atoms with van der Waals surface area (Å²) in [5.41, 5.74) is 0.664. The van der Waals surface area contributed by atoms with Crippen molar-refractivity contribution in [2.24, 2.45) is 0 Å². The van der Waals surface area contributed by atoms with Gasteiger partial charge >= 0.3 is 0 Å². The molecule has 1 atom stereocenters. The minimum Gasteiger partial charge on any atom is -0.391 e. The van der Waals surface area contributed by atoms with Gasteiger partial charge in [0.25, 0.3) is 0 Å². The molecule has 0 amide bonds. The minimum absolute atomic E-state index is 0.216. The number of aliphatic hydroxyl groups excluding tert-OH is 1. The molecule has 0 aromatic carbocycles. The van der Waals surface area contributed by atoms with Gasteiger partial charge in [0.2, 0.25) is 0 Å². The highest BCUT2D eigenvalue weighted by molar-refractivity contribution is 9.10. The highest BCUT2D eigenvalue weighted by atomic mass is 79.9. The van der Waals surface area contributed by atoms with Crippen molar-refractivity contribution in [1.82, 2.24) is 4.98 Å². The summed E-state index contributed by atoms with van der Waals surface area (Å²) in [7, 11) is -3.32. The Kier molecular flexibility index (Phi) is 4.33. The van der Waals surface area contributed by atoms with E-state index >= 15 is 0 Å². The Morgan fingerprint density at radius 3 is 2.47 bits per heavy atom. The molecule has 0 fully saturated rings. The molecule has 0 saturated heterocycles. The van der Waals surface area contributed by atoms with Gasteiger partial charge in [0.05, 0.1) is 10.9 Å². The molecule has 1 aromatic rings. The largest absolute Gasteiger partial charge is 0.391 e. The zero-order chi connectivity index (χ0) is 13.3. The van der Waals surface area contributed by atoms with E-state index in [9.17, 15) is 13.5 Å². The first-order valence-corrected chi connectivity index (χ1v) is 7.81. The van der Waals surface area contributed by atoms with Gasteiger partial charge in [-0.1, -0.05) is 0 Å². The molecule has 6 heteroatoms. The molecule has 4 nitrogen and oxygen atoms in total. The fourth-order valence-electron chi connectivity index (χ4n) is 1.22. The molecule has 0 aliphatic carbocycles. The van der Waals surface area contributed by atoms with Crippen LogP contribution in [0.3, 0.4) is 0 Å². The molecule has 1 rings (SSSR count). The predicted molar refractivity (Wildman–Crippen MR) is 70.6 cm³/mol. The van der Waals surface area contributed by atoms with Gasteiger partial charge in [0.15, 0.2) is 9.84 Å². The second-order valence-electron chi connectivity index (χ2n) is 4.56. The predicted octanol–water partition coefficient (Wildman–Crippen LogP) is 1.57. The Hall–Kier alpha value is -0.460. The van der Waals surface area contributed by atoms with Crippen molar-refractivity contribution < 1.29 is 13.5 Å². The SMILES string of the molecule is CC(C)(C(O)Cc1ccc(Br)cn1)S(C)(=O)=O. The average Bonchev–Trinajstić information content (AvgIpc) is 2.19. The third-order valence-electron chi connectivity index (χ3n) is 2.95. The number of sulfone groups is 1. The number of aliphatic hydroxyl groups is 1. The van der Waals surface area contributed by atoms with Crippen LogP contribution in [-0.2, 0) is 16.3 Å². The molecular weight excluding hydrogens is 306 g/mol. The summed E-state index contributed by atoms with van der Waals surface area (Å²) in [4.78, 5) is 4.11. The zero-order valence-corrected chi connectivity index (χ0v) is 12.4. The number of hydrogen-bond donors (Lipinski definition) is 1. The monoisotopic (exact) mass is 321 g/mol. The Balaban J connectivity index is 2.86. The smallest absolute Gasteiger partial charge is 0.155 e.